The number of nitrogens with one attached hydrogen (secondary N) is 2. The summed E-state index contributed by atoms with van der Waals surface area (Å²) in [5.74, 6) is 0.413. The maximum absolute atomic E-state index is 13.2. The molecule has 8 heteroatoms. The normalized spacial score (nSPS) is 25.5. The van der Waals surface area contributed by atoms with Gasteiger partial charge in [-0.3, -0.25) is 9.59 Å². The van der Waals surface area contributed by atoms with E-state index in [1.54, 1.807) is 32.0 Å². The zero-order chi connectivity index (χ0) is 20.6. The Morgan fingerprint density at radius 3 is 2.59 bits per heavy atom. The average molecular weight is 401 g/mol. The van der Waals surface area contributed by atoms with Crippen LogP contribution in [0.25, 0.3) is 0 Å². The smallest absolute Gasteiger partial charge is 0.326 e. The van der Waals surface area contributed by atoms with Gasteiger partial charge in [0.15, 0.2) is 11.5 Å². The molecule has 1 aromatic carbocycles. The minimum absolute atomic E-state index is 0.124. The Bertz CT molecular complexity index is 836. The van der Waals surface area contributed by atoms with Crippen molar-refractivity contribution in [3.05, 3.63) is 23.8 Å². The highest BCUT2D eigenvalue weighted by atomic mass is 16.5. The van der Waals surface area contributed by atoms with Gasteiger partial charge >= 0.3 is 6.03 Å². The Morgan fingerprint density at radius 2 is 1.86 bits per heavy atom. The van der Waals surface area contributed by atoms with E-state index in [2.05, 4.69) is 10.6 Å². The number of ether oxygens (including phenoxy) is 2. The molecule has 4 amide bonds. The predicted molar refractivity (Wildman–Crippen MR) is 105 cm³/mol. The molecule has 29 heavy (non-hydrogen) atoms. The first-order chi connectivity index (χ1) is 13.9. The lowest BCUT2D eigenvalue weighted by Gasteiger charge is -2.26. The molecule has 0 radical (unpaired) electrons. The first-order valence-electron chi connectivity index (χ1n) is 10.3. The number of amides is 4. The number of carbonyl (C=O) groups excluding carboxylic acids is 3. The van der Waals surface area contributed by atoms with Crippen molar-refractivity contribution in [2.75, 3.05) is 13.2 Å². The Balaban J connectivity index is 1.55. The summed E-state index contributed by atoms with van der Waals surface area (Å²) in [5.41, 5.74) is -0.685. The molecule has 2 N–H and O–H groups in total. The molecule has 8 nitrogen and oxygen atoms in total. The number of nitrogens with zero attached hydrogens (tertiary/aromatic N) is 1. The Hall–Kier alpha value is -2.77. The second-order valence-electron chi connectivity index (χ2n) is 8.11. The van der Waals surface area contributed by atoms with Gasteiger partial charge in [-0.2, -0.15) is 0 Å². The van der Waals surface area contributed by atoms with Crippen LogP contribution in [-0.4, -0.2) is 48.0 Å². The largest absolute Gasteiger partial charge is 0.490 e. The summed E-state index contributed by atoms with van der Waals surface area (Å²) >= 11 is 0. The third-order valence-electron chi connectivity index (χ3n) is 6.02. The number of benzene rings is 1. The molecule has 2 atom stereocenters. The lowest BCUT2D eigenvalue weighted by Crippen LogP contribution is -2.51. The molecule has 1 saturated heterocycles. The van der Waals surface area contributed by atoms with E-state index in [0.29, 0.717) is 30.3 Å². The van der Waals surface area contributed by atoms with E-state index in [1.807, 2.05) is 0 Å². The summed E-state index contributed by atoms with van der Waals surface area (Å²) in [6, 6.07) is 3.90. The van der Waals surface area contributed by atoms with Gasteiger partial charge in [-0.25, -0.2) is 9.69 Å². The number of fused-ring (bicyclic) bond motifs is 1. The third-order valence-corrected chi connectivity index (χ3v) is 6.02. The second-order valence-corrected chi connectivity index (χ2v) is 8.11. The first-order valence-corrected chi connectivity index (χ1v) is 10.3. The summed E-state index contributed by atoms with van der Waals surface area (Å²) in [5, 5.41) is 5.72. The standard InChI is InChI=1S/C21H27N3O5/c1-13(18(25)22-15-6-3-4-7-15)24-19(26)21(2,23-20(24)27)14-8-9-16-17(12-14)29-11-5-10-28-16/h8-9,12-13,15H,3-7,10-11H2,1-2H3,(H,22,25)(H,23,27)/t13-,21-/m0/s1. The minimum atomic E-state index is -1.27. The zero-order valence-electron chi connectivity index (χ0n) is 16.8. The highest BCUT2D eigenvalue weighted by molar-refractivity contribution is 6.10. The molecule has 0 bridgehead atoms. The fourth-order valence-corrected chi connectivity index (χ4v) is 4.19. The van der Waals surface area contributed by atoms with Crippen LogP contribution in [0.1, 0.15) is 51.5 Å². The van der Waals surface area contributed by atoms with Crippen molar-refractivity contribution in [1.29, 1.82) is 0 Å². The minimum Gasteiger partial charge on any atom is -0.490 e. The van der Waals surface area contributed by atoms with Crippen LogP contribution in [0.15, 0.2) is 18.2 Å². The molecule has 4 rings (SSSR count). The van der Waals surface area contributed by atoms with E-state index in [9.17, 15) is 14.4 Å². The van der Waals surface area contributed by atoms with E-state index in [0.717, 1.165) is 37.0 Å². The summed E-state index contributed by atoms with van der Waals surface area (Å²) in [6.45, 7) is 4.33. The van der Waals surface area contributed by atoms with Gasteiger partial charge in [-0.05, 0) is 44.4 Å². The van der Waals surface area contributed by atoms with Crippen molar-refractivity contribution in [2.24, 2.45) is 0 Å². The molecular weight excluding hydrogens is 374 g/mol. The fraction of sp³-hybridized carbons (Fsp3) is 0.571. The molecule has 0 unspecified atom stereocenters. The summed E-state index contributed by atoms with van der Waals surface area (Å²) in [4.78, 5) is 39.6. The van der Waals surface area contributed by atoms with E-state index in [1.165, 1.54) is 0 Å². The molecule has 2 fully saturated rings. The summed E-state index contributed by atoms with van der Waals surface area (Å²) < 4.78 is 11.4. The first kappa shape index (κ1) is 19.5. The predicted octanol–water partition coefficient (Wildman–Crippen LogP) is 2.06. The van der Waals surface area contributed by atoms with Crippen molar-refractivity contribution in [2.45, 2.75) is 63.6 Å². The number of rotatable bonds is 4. The van der Waals surface area contributed by atoms with E-state index in [4.69, 9.17) is 9.47 Å². The molecule has 2 heterocycles. The van der Waals surface area contributed by atoms with Gasteiger partial charge in [0.05, 0.1) is 13.2 Å². The monoisotopic (exact) mass is 401 g/mol. The molecule has 1 saturated carbocycles. The Labute approximate surface area is 169 Å². The lowest BCUT2D eigenvalue weighted by molar-refractivity contribution is -0.138. The van der Waals surface area contributed by atoms with Crippen molar-refractivity contribution in [3.63, 3.8) is 0 Å². The van der Waals surface area contributed by atoms with Gasteiger partial charge in [0.1, 0.15) is 11.6 Å². The van der Waals surface area contributed by atoms with Crippen LogP contribution in [0.2, 0.25) is 0 Å². The van der Waals surface area contributed by atoms with Gasteiger partial charge < -0.3 is 20.1 Å². The molecule has 2 aliphatic heterocycles. The molecule has 1 aliphatic carbocycles. The van der Waals surface area contributed by atoms with Crippen molar-refractivity contribution in [3.8, 4) is 11.5 Å². The van der Waals surface area contributed by atoms with E-state index in [-0.39, 0.29) is 11.9 Å². The van der Waals surface area contributed by atoms with E-state index < -0.39 is 23.5 Å². The van der Waals surface area contributed by atoms with Crippen molar-refractivity contribution in [1.82, 2.24) is 15.5 Å². The second kappa shape index (κ2) is 7.57. The number of imide groups is 1. The Morgan fingerprint density at radius 1 is 1.17 bits per heavy atom. The lowest BCUT2D eigenvalue weighted by atomic mass is 9.91. The summed E-state index contributed by atoms with van der Waals surface area (Å²) in [7, 11) is 0. The number of urea groups is 1. The van der Waals surface area contributed by atoms with Crippen LogP contribution in [0.5, 0.6) is 11.5 Å². The fourth-order valence-electron chi connectivity index (χ4n) is 4.19. The SMILES string of the molecule is C[C@@H](C(=O)NC1CCCC1)N1C(=O)N[C@@](C)(c2ccc3c(c2)OCCCO3)C1=O. The quantitative estimate of drug-likeness (QED) is 0.753. The Kier molecular flexibility index (Phi) is 5.10. The van der Waals surface area contributed by atoms with Gasteiger partial charge in [0, 0.05) is 12.5 Å². The molecular formula is C21H27N3O5. The topological polar surface area (TPSA) is 97.0 Å². The molecule has 1 aromatic rings. The molecule has 0 spiro atoms. The van der Waals surface area contributed by atoms with Gasteiger partial charge in [0.25, 0.3) is 5.91 Å². The van der Waals surface area contributed by atoms with Crippen LogP contribution in [0.3, 0.4) is 0 Å². The number of hydrogen-bond acceptors (Lipinski definition) is 5. The van der Waals surface area contributed by atoms with Gasteiger partial charge in [-0.1, -0.05) is 18.9 Å². The van der Waals surface area contributed by atoms with Crippen molar-refractivity contribution < 1.29 is 23.9 Å². The van der Waals surface area contributed by atoms with Crippen LogP contribution in [0.4, 0.5) is 4.79 Å². The van der Waals surface area contributed by atoms with Crippen molar-refractivity contribution >= 4 is 17.8 Å². The van der Waals surface area contributed by atoms with Crippen LogP contribution in [-0.2, 0) is 15.1 Å². The van der Waals surface area contributed by atoms with Crippen LogP contribution >= 0.6 is 0 Å². The third kappa shape index (κ3) is 3.52. The number of hydrogen-bond donors (Lipinski definition) is 2. The van der Waals surface area contributed by atoms with Gasteiger partial charge in [-0.15, -0.1) is 0 Å². The molecule has 3 aliphatic rings. The van der Waals surface area contributed by atoms with Crippen LogP contribution in [0, 0.1) is 0 Å². The summed E-state index contributed by atoms with van der Waals surface area (Å²) in [6.07, 6.45) is 4.83. The van der Waals surface area contributed by atoms with Gasteiger partial charge in [0.2, 0.25) is 5.91 Å². The molecule has 0 aromatic heterocycles. The highest BCUT2D eigenvalue weighted by Crippen LogP contribution is 2.37. The zero-order valence-corrected chi connectivity index (χ0v) is 16.8. The highest BCUT2D eigenvalue weighted by Gasteiger charge is 2.52. The average Bonchev–Trinajstić information content (AvgIpc) is 3.19. The molecule has 156 valence electrons. The maximum atomic E-state index is 13.2. The van der Waals surface area contributed by atoms with E-state index >= 15 is 0 Å². The maximum Gasteiger partial charge on any atom is 0.326 e. The van der Waals surface area contributed by atoms with Crippen LogP contribution < -0.4 is 20.1 Å². The number of carbonyl (C=O) groups is 3.